The van der Waals surface area contributed by atoms with Gasteiger partial charge in [-0.3, -0.25) is 4.79 Å². The van der Waals surface area contributed by atoms with Gasteiger partial charge in [-0.1, -0.05) is 24.3 Å². The van der Waals surface area contributed by atoms with E-state index in [1.807, 2.05) is 12.1 Å². The number of aromatic hydroxyl groups is 1. The number of phenols is 1. The van der Waals surface area contributed by atoms with Gasteiger partial charge in [0.15, 0.2) is 17.8 Å². The molecule has 5 N–H and O–H groups in total. The third-order valence-corrected chi connectivity index (χ3v) is 7.87. The molecule has 0 radical (unpaired) electrons. The number of carbonyl (C=O) groups excluding carboxylic acids is 2. The molecule has 4 bridgehead atoms. The van der Waals surface area contributed by atoms with E-state index in [9.17, 15) is 35.1 Å². The maximum atomic E-state index is 13.3. The molecule has 0 aliphatic carbocycles. The lowest BCUT2D eigenvalue weighted by molar-refractivity contribution is -0.327. The summed E-state index contributed by atoms with van der Waals surface area (Å²) in [7, 11) is 0. The standard InChI is InChI=1S/C32H36O13/c1-2-20-21-14-26(35)40-11-9-17-3-6-19(7-4-17)43-24-13-18(5-8-23(24)34)10-12-41-30(39)22(21)16-42-31(20)45-32-29(38)28(37)27(36)25(15-33)44-32/h2-8,13,16,21,25,27-29,31-34,36-38H,9-12,14-15H2,1H3/b20-2-/t21-,25+,27+,28-,29+,31-,32-/m0/s1. The van der Waals surface area contributed by atoms with Crippen LogP contribution in [0.15, 0.2) is 65.9 Å². The first-order chi connectivity index (χ1) is 21.7. The van der Waals surface area contributed by atoms with Gasteiger partial charge < -0.3 is 54.0 Å². The zero-order chi connectivity index (χ0) is 32.1. The zero-order valence-electron chi connectivity index (χ0n) is 24.5. The molecule has 1 saturated heterocycles. The quantitative estimate of drug-likeness (QED) is 0.242. The maximum Gasteiger partial charge on any atom is 0.337 e. The first kappa shape index (κ1) is 32.4. The number of hydrogen-bond donors (Lipinski definition) is 5. The monoisotopic (exact) mass is 628 g/mol. The molecule has 4 aliphatic heterocycles. The molecule has 0 spiro atoms. The first-order valence-electron chi connectivity index (χ1n) is 14.6. The van der Waals surface area contributed by atoms with Crippen molar-refractivity contribution in [2.75, 3.05) is 19.8 Å². The molecule has 4 heterocycles. The number of benzene rings is 2. The summed E-state index contributed by atoms with van der Waals surface area (Å²) >= 11 is 0. The number of carbonyl (C=O) groups is 2. The third-order valence-electron chi connectivity index (χ3n) is 7.87. The van der Waals surface area contributed by atoms with Crippen LogP contribution < -0.4 is 4.74 Å². The molecule has 45 heavy (non-hydrogen) atoms. The number of hydrogen-bond acceptors (Lipinski definition) is 13. The lowest BCUT2D eigenvalue weighted by Gasteiger charge is -2.42. The van der Waals surface area contributed by atoms with E-state index in [0.717, 1.165) is 17.4 Å². The Morgan fingerprint density at radius 3 is 2.38 bits per heavy atom. The molecule has 242 valence electrons. The highest BCUT2D eigenvalue weighted by Crippen LogP contribution is 2.37. The highest BCUT2D eigenvalue weighted by atomic mass is 16.8. The van der Waals surface area contributed by atoms with E-state index in [1.165, 1.54) is 6.07 Å². The predicted octanol–water partition coefficient (Wildman–Crippen LogP) is 1.38. The van der Waals surface area contributed by atoms with Gasteiger partial charge in [0.25, 0.3) is 0 Å². The number of esters is 2. The van der Waals surface area contributed by atoms with Gasteiger partial charge in [0, 0.05) is 24.3 Å². The molecule has 2 aromatic rings. The summed E-state index contributed by atoms with van der Waals surface area (Å²) < 4.78 is 33.9. The molecule has 2 aromatic carbocycles. The van der Waals surface area contributed by atoms with E-state index in [2.05, 4.69) is 0 Å². The van der Waals surface area contributed by atoms with Crippen molar-refractivity contribution in [2.45, 2.75) is 63.2 Å². The number of allylic oxidation sites excluding steroid dienone is 1. The first-order valence-corrected chi connectivity index (χ1v) is 14.6. The SMILES string of the molecule is C/C=C1\[C@H](O[C@@H]2O[C@H](CO)[C@@H](O)[C@H](O)[C@H]2O)OC=C2C(=O)OCCc3ccc(O)c(c3)Oc3ccc(cc3)CCOC(=O)C[C@H]21. The molecule has 0 saturated carbocycles. The zero-order valence-corrected chi connectivity index (χ0v) is 24.5. The van der Waals surface area contributed by atoms with Crippen molar-refractivity contribution in [2.24, 2.45) is 5.92 Å². The van der Waals surface area contributed by atoms with Crippen molar-refractivity contribution >= 4 is 11.9 Å². The summed E-state index contributed by atoms with van der Waals surface area (Å²) in [4.78, 5) is 26.3. The van der Waals surface area contributed by atoms with Crippen molar-refractivity contribution < 1.29 is 63.5 Å². The van der Waals surface area contributed by atoms with Crippen molar-refractivity contribution in [1.82, 2.24) is 0 Å². The Kier molecular flexibility index (Phi) is 10.4. The average Bonchev–Trinajstić information content (AvgIpc) is 3.03. The molecular weight excluding hydrogens is 592 g/mol. The lowest BCUT2D eigenvalue weighted by atomic mass is 9.86. The molecule has 0 aromatic heterocycles. The summed E-state index contributed by atoms with van der Waals surface area (Å²) in [5.74, 6) is -1.56. The smallest absolute Gasteiger partial charge is 0.337 e. The minimum Gasteiger partial charge on any atom is -0.504 e. The van der Waals surface area contributed by atoms with Crippen LogP contribution in [0.25, 0.3) is 0 Å². The van der Waals surface area contributed by atoms with Crippen LogP contribution in [0.3, 0.4) is 0 Å². The Labute approximate surface area is 258 Å². The Hall–Kier alpha value is -3.98. The van der Waals surface area contributed by atoms with Gasteiger partial charge in [-0.2, -0.15) is 0 Å². The van der Waals surface area contributed by atoms with Crippen LogP contribution in [0.2, 0.25) is 0 Å². The van der Waals surface area contributed by atoms with E-state index in [1.54, 1.807) is 37.3 Å². The van der Waals surface area contributed by atoms with Crippen molar-refractivity contribution in [3.05, 3.63) is 77.1 Å². The van der Waals surface area contributed by atoms with Crippen LogP contribution >= 0.6 is 0 Å². The second-order valence-corrected chi connectivity index (χ2v) is 10.8. The largest absolute Gasteiger partial charge is 0.504 e. The summed E-state index contributed by atoms with van der Waals surface area (Å²) in [5, 5.41) is 50.6. The van der Waals surface area contributed by atoms with Crippen LogP contribution in [0, 0.1) is 5.92 Å². The van der Waals surface area contributed by atoms with Gasteiger partial charge in [0.1, 0.15) is 30.2 Å². The van der Waals surface area contributed by atoms with Crippen molar-refractivity contribution in [1.29, 1.82) is 0 Å². The summed E-state index contributed by atoms with van der Waals surface area (Å²) in [5.41, 5.74) is 1.96. The van der Waals surface area contributed by atoms with Crippen LogP contribution in [0.5, 0.6) is 17.2 Å². The minimum atomic E-state index is -1.70. The van der Waals surface area contributed by atoms with E-state index >= 15 is 0 Å². The van der Waals surface area contributed by atoms with E-state index in [-0.39, 0.29) is 36.7 Å². The number of aliphatic hydroxyl groups is 4. The van der Waals surface area contributed by atoms with Crippen LogP contribution in [0.4, 0.5) is 0 Å². The normalized spacial score (nSPS) is 30.4. The fourth-order valence-corrected chi connectivity index (χ4v) is 5.31. The highest BCUT2D eigenvalue weighted by Gasteiger charge is 2.47. The molecule has 0 unspecified atom stereocenters. The third kappa shape index (κ3) is 7.47. The van der Waals surface area contributed by atoms with Crippen molar-refractivity contribution in [3.63, 3.8) is 0 Å². The summed E-state index contributed by atoms with van der Waals surface area (Å²) in [6.07, 6.45) is -5.85. The van der Waals surface area contributed by atoms with Gasteiger partial charge in [-0.25, -0.2) is 4.79 Å². The Bertz CT molecular complexity index is 1420. The topological polar surface area (TPSA) is 191 Å². The van der Waals surface area contributed by atoms with Gasteiger partial charge in [0.05, 0.1) is 38.1 Å². The van der Waals surface area contributed by atoms with Crippen LogP contribution in [0.1, 0.15) is 24.5 Å². The molecule has 6 rings (SSSR count). The van der Waals surface area contributed by atoms with E-state index in [4.69, 9.17) is 28.4 Å². The molecule has 13 nitrogen and oxygen atoms in total. The predicted molar refractivity (Wildman–Crippen MR) is 154 cm³/mol. The number of rotatable bonds is 3. The van der Waals surface area contributed by atoms with Gasteiger partial charge in [0.2, 0.25) is 6.29 Å². The lowest BCUT2D eigenvalue weighted by Crippen LogP contribution is -2.60. The van der Waals surface area contributed by atoms with Crippen molar-refractivity contribution in [3.8, 4) is 17.2 Å². The summed E-state index contributed by atoms with van der Waals surface area (Å²) in [6.45, 7) is 1.01. The second-order valence-electron chi connectivity index (χ2n) is 10.8. The van der Waals surface area contributed by atoms with Gasteiger partial charge in [-0.05, 0) is 42.3 Å². The number of aliphatic hydroxyl groups excluding tert-OH is 4. The van der Waals surface area contributed by atoms with E-state index in [0.29, 0.717) is 24.2 Å². The maximum absolute atomic E-state index is 13.3. The van der Waals surface area contributed by atoms with Crippen LogP contribution in [-0.4, -0.2) is 94.3 Å². The number of phenolic OH excluding ortho intramolecular Hbond substituents is 1. The second kappa shape index (κ2) is 14.4. The van der Waals surface area contributed by atoms with Gasteiger partial charge in [-0.15, -0.1) is 0 Å². The molecule has 0 amide bonds. The molecule has 7 atom stereocenters. The highest BCUT2D eigenvalue weighted by molar-refractivity contribution is 5.91. The molecular formula is C32H36O13. The summed E-state index contributed by atoms with van der Waals surface area (Å²) in [6, 6.07) is 12.0. The van der Waals surface area contributed by atoms with Gasteiger partial charge >= 0.3 is 11.9 Å². The number of ether oxygens (including phenoxy) is 6. The number of fused-ring (bicyclic) bond motifs is 9. The minimum absolute atomic E-state index is 0.0247. The Balaban J connectivity index is 1.39. The average molecular weight is 629 g/mol. The fourth-order valence-electron chi connectivity index (χ4n) is 5.31. The van der Waals surface area contributed by atoms with E-state index < -0.39 is 61.5 Å². The Morgan fingerprint density at radius 1 is 0.933 bits per heavy atom. The molecule has 4 aliphatic rings. The Morgan fingerprint density at radius 2 is 1.64 bits per heavy atom. The van der Waals surface area contributed by atoms with Crippen LogP contribution in [-0.2, 0) is 46.1 Å². The molecule has 1 fully saturated rings. The fraction of sp³-hybridized carbons (Fsp3) is 0.438. The molecule has 13 heteroatoms.